The highest BCUT2D eigenvalue weighted by Crippen LogP contribution is 2.33. The first-order chi connectivity index (χ1) is 10.0. The molecular formula is C16H17BrClNO2. The zero-order valence-corrected chi connectivity index (χ0v) is 14.5. The molecule has 2 rings (SSSR count). The molecule has 0 saturated carbocycles. The molecule has 3 nitrogen and oxygen atoms in total. The zero-order valence-electron chi connectivity index (χ0n) is 12.2. The largest absolute Gasteiger partial charge is 0.493 e. The van der Waals surface area contributed by atoms with Gasteiger partial charge in [0.05, 0.1) is 19.2 Å². The number of halogens is 2. The molecule has 5 heteroatoms. The Kier molecular flexibility index (Phi) is 5.37. The zero-order chi connectivity index (χ0) is 15.4. The van der Waals surface area contributed by atoms with Gasteiger partial charge in [-0.2, -0.15) is 0 Å². The molecule has 0 bridgehead atoms. The number of hydrogen-bond donors (Lipinski definition) is 1. The molecule has 0 unspecified atom stereocenters. The van der Waals surface area contributed by atoms with Crippen LogP contribution in [0.3, 0.4) is 0 Å². The van der Waals surface area contributed by atoms with Crippen molar-refractivity contribution in [2.24, 2.45) is 0 Å². The third-order valence-electron chi connectivity index (χ3n) is 3.20. The van der Waals surface area contributed by atoms with E-state index in [1.165, 1.54) is 0 Å². The molecule has 1 N–H and O–H groups in total. The quantitative estimate of drug-likeness (QED) is 0.800. The van der Waals surface area contributed by atoms with Gasteiger partial charge in [-0.1, -0.05) is 17.7 Å². The Labute approximate surface area is 138 Å². The molecule has 0 radical (unpaired) electrons. The molecule has 0 aliphatic carbocycles. The second-order valence-electron chi connectivity index (χ2n) is 4.62. The monoisotopic (exact) mass is 369 g/mol. The smallest absolute Gasteiger partial charge is 0.162 e. The standard InChI is InChI=1S/C16H17BrClNO2/c1-10-6-15(20-2)16(21-3)8-14(10)19-9-11-4-5-13(18)12(17)7-11/h4-8,19H,9H2,1-3H3. The fraction of sp³-hybridized carbons (Fsp3) is 0.250. The summed E-state index contributed by atoms with van der Waals surface area (Å²) in [6, 6.07) is 9.78. The van der Waals surface area contributed by atoms with Crippen LogP contribution >= 0.6 is 27.5 Å². The van der Waals surface area contributed by atoms with Crippen LogP contribution in [-0.4, -0.2) is 14.2 Å². The van der Waals surface area contributed by atoms with Gasteiger partial charge in [0, 0.05) is 22.8 Å². The van der Waals surface area contributed by atoms with Gasteiger partial charge in [-0.05, 0) is 52.2 Å². The normalized spacial score (nSPS) is 10.3. The van der Waals surface area contributed by atoms with Crippen LogP contribution < -0.4 is 14.8 Å². The number of ether oxygens (including phenoxy) is 2. The van der Waals surface area contributed by atoms with E-state index in [0.29, 0.717) is 17.3 Å². The van der Waals surface area contributed by atoms with E-state index < -0.39 is 0 Å². The van der Waals surface area contributed by atoms with Crippen molar-refractivity contribution in [1.82, 2.24) is 0 Å². The van der Waals surface area contributed by atoms with Crippen LogP contribution in [0.2, 0.25) is 5.02 Å². The minimum Gasteiger partial charge on any atom is -0.493 e. The number of benzene rings is 2. The topological polar surface area (TPSA) is 30.5 Å². The lowest BCUT2D eigenvalue weighted by Gasteiger charge is -2.14. The van der Waals surface area contributed by atoms with E-state index in [-0.39, 0.29) is 0 Å². The summed E-state index contributed by atoms with van der Waals surface area (Å²) in [5, 5.41) is 4.11. The van der Waals surface area contributed by atoms with E-state index in [1.807, 2.05) is 37.3 Å². The first-order valence-electron chi connectivity index (χ1n) is 6.45. The summed E-state index contributed by atoms with van der Waals surface area (Å²) >= 11 is 9.43. The van der Waals surface area contributed by atoms with Crippen molar-refractivity contribution in [3.05, 3.63) is 51.0 Å². The molecule has 21 heavy (non-hydrogen) atoms. The first kappa shape index (κ1) is 16.0. The van der Waals surface area contributed by atoms with Gasteiger partial charge in [0.25, 0.3) is 0 Å². The van der Waals surface area contributed by atoms with Gasteiger partial charge >= 0.3 is 0 Å². The molecule has 0 aromatic heterocycles. The SMILES string of the molecule is COc1cc(C)c(NCc2ccc(Cl)c(Br)c2)cc1OC. The highest BCUT2D eigenvalue weighted by Gasteiger charge is 2.08. The molecule has 0 saturated heterocycles. The first-order valence-corrected chi connectivity index (χ1v) is 7.62. The molecule has 0 fully saturated rings. The Bertz CT molecular complexity index is 646. The summed E-state index contributed by atoms with van der Waals surface area (Å²) in [5.74, 6) is 1.44. The summed E-state index contributed by atoms with van der Waals surface area (Å²) in [7, 11) is 3.27. The van der Waals surface area contributed by atoms with Crippen LogP contribution in [0.25, 0.3) is 0 Å². The molecular weight excluding hydrogens is 354 g/mol. The summed E-state index contributed by atoms with van der Waals surface area (Å²) in [4.78, 5) is 0. The number of methoxy groups -OCH3 is 2. The number of aryl methyl sites for hydroxylation is 1. The van der Waals surface area contributed by atoms with Crippen LogP contribution in [0.5, 0.6) is 11.5 Å². The second-order valence-corrected chi connectivity index (χ2v) is 5.89. The van der Waals surface area contributed by atoms with Gasteiger partial charge in [0.1, 0.15) is 0 Å². The van der Waals surface area contributed by atoms with Crippen molar-refractivity contribution in [2.75, 3.05) is 19.5 Å². The minimum absolute atomic E-state index is 0.700. The number of rotatable bonds is 5. The van der Waals surface area contributed by atoms with Crippen molar-refractivity contribution >= 4 is 33.2 Å². The third kappa shape index (κ3) is 3.83. The Morgan fingerprint density at radius 2 is 1.76 bits per heavy atom. The summed E-state index contributed by atoms with van der Waals surface area (Å²) in [5.41, 5.74) is 3.25. The summed E-state index contributed by atoms with van der Waals surface area (Å²) in [6.45, 7) is 2.73. The molecule has 0 aliphatic rings. The number of anilines is 1. The molecule has 2 aromatic rings. The van der Waals surface area contributed by atoms with Crippen LogP contribution in [0.1, 0.15) is 11.1 Å². The average molecular weight is 371 g/mol. The van der Waals surface area contributed by atoms with E-state index in [0.717, 1.165) is 27.0 Å². The van der Waals surface area contributed by atoms with Crippen LogP contribution in [0.4, 0.5) is 5.69 Å². The van der Waals surface area contributed by atoms with E-state index in [4.69, 9.17) is 21.1 Å². The maximum atomic E-state index is 6.00. The third-order valence-corrected chi connectivity index (χ3v) is 4.41. The van der Waals surface area contributed by atoms with E-state index in [9.17, 15) is 0 Å². The maximum absolute atomic E-state index is 6.00. The lowest BCUT2D eigenvalue weighted by atomic mass is 10.1. The highest BCUT2D eigenvalue weighted by molar-refractivity contribution is 9.10. The van der Waals surface area contributed by atoms with Crippen LogP contribution in [-0.2, 0) is 6.54 Å². The minimum atomic E-state index is 0.700. The summed E-state index contributed by atoms with van der Waals surface area (Å²) < 4.78 is 11.5. The number of nitrogens with one attached hydrogen (secondary N) is 1. The van der Waals surface area contributed by atoms with Gasteiger partial charge in [-0.3, -0.25) is 0 Å². The van der Waals surface area contributed by atoms with E-state index >= 15 is 0 Å². The Balaban J connectivity index is 2.17. The van der Waals surface area contributed by atoms with Gasteiger partial charge in [-0.25, -0.2) is 0 Å². The van der Waals surface area contributed by atoms with Gasteiger partial charge in [0.15, 0.2) is 11.5 Å². The van der Waals surface area contributed by atoms with Crippen LogP contribution in [0, 0.1) is 6.92 Å². The fourth-order valence-electron chi connectivity index (χ4n) is 2.02. The maximum Gasteiger partial charge on any atom is 0.162 e. The van der Waals surface area contributed by atoms with Crippen molar-refractivity contribution in [1.29, 1.82) is 0 Å². The van der Waals surface area contributed by atoms with Crippen molar-refractivity contribution in [2.45, 2.75) is 13.5 Å². The van der Waals surface area contributed by atoms with E-state index in [1.54, 1.807) is 14.2 Å². The lowest BCUT2D eigenvalue weighted by Crippen LogP contribution is -2.02. The van der Waals surface area contributed by atoms with Gasteiger partial charge in [0.2, 0.25) is 0 Å². The average Bonchev–Trinajstić information content (AvgIpc) is 2.49. The molecule has 2 aromatic carbocycles. The molecule has 0 spiro atoms. The molecule has 0 amide bonds. The molecule has 0 heterocycles. The van der Waals surface area contributed by atoms with Crippen molar-refractivity contribution < 1.29 is 9.47 Å². The predicted octanol–water partition coefficient (Wildman–Crippen LogP) is 5.04. The Morgan fingerprint density at radius 3 is 2.38 bits per heavy atom. The van der Waals surface area contributed by atoms with Gasteiger partial charge < -0.3 is 14.8 Å². The van der Waals surface area contributed by atoms with E-state index in [2.05, 4.69) is 21.2 Å². The summed E-state index contributed by atoms with van der Waals surface area (Å²) in [6.07, 6.45) is 0. The molecule has 112 valence electrons. The predicted molar refractivity (Wildman–Crippen MR) is 90.8 cm³/mol. The van der Waals surface area contributed by atoms with Crippen molar-refractivity contribution in [3.63, 3.8) is 0 Å². The molecule has 0 atom stereocenters. The van der Waals surface area contributed by atoms with Crippen molar-refractivity contribution in [3.8, 4) is 11.5 Å². The fourth-order valence-corrected chi connectivity index (χ4v) is 2.56. The molecule has 0 aliphatic heterocycles. The second kappa shape index (κ2) is 7.05. The lowest BCUT2D eigenvalue weighted by molar-refractivity contribution is 0.355. The van der Waals surface area contributed by atoms with Crippen LogP contribution in [0.15, 0.2) is 34.8 Å². The Hall–Kier alpha value is -1.39. The number of hydrogen-bond acceptors (Lipinski definition) is 3. The Morgan fingerprint density at radius 1 is 1.10 bits per heavy atom. The van der Waals surface area contributed by atoms with Gasteiger partial charge in [-0.15, -0.1) is 0 Å². The highest BCUT2D eigenvalue weighted by atomic mass is 79.9.